The van der Waals surface area contributed by atoms with Crippen molar-refractivity contribution in [2.75, 3.05) is 0 Å². The van der Waals surface area contributed by atoms with Crippen molar-refractivity contribution in [3.05, 3.63) is 65.5 Å². The fourth-order valence-electron chi connectivity index (χ4n) is 1.70. The molecule has 1 aromatic heterocycles. The van der Waals surface area contributed by atoms with E-state index in [1.807, 2.05) is 43.3 Å². The highest BCUT2D eigenvalue weighted by atomic mass is 16.3. The second-order valence-corrected chi connectivity index (χ2v) is 4.18. The molecule has 0 spiro atoms. The summed E-state index contributed by atoms with van der Waals surface area (Å²) in [5.74, 6) is 0. The van der Waals surface area contributed by atoms with E-state index in [1.54, 1.807) is 19.3 Å². The van der Waals surface area contributed by atoms with Gasteiger partial charge in [-0.3, -0.25) is 4.98 Å². The SMILES string of the molecule is Cc1ccc(C(C)(O)c2cccnc2)cc1. The molecular weight excluding hydrogens is 198 g/mol. The quantitative estimate of drug-likeness (QED) is 0.832. The number of hydrogen-bond acceptors (Lipinski definition) is 2. The Balaban J connectivity index is 2.43. The normalized spacial score (nSPS) is 14.4. The molecule has 0 bridgehead atoms. The van der Waals surface area contributed by atoms with Gasteiger partial charge in [0.05, 0.1) is 0 Å². The second kappa shape index (κ2) is 4.06. The number of aryl methyl sites for hydroxylation is 1. The van der Waals surface area contributed by atoms with Crippen LogP contribution in [0.5, 0.6) is 0 Å². The number of aliphatic hydroxyl groups is 1. The summed E-state index contributed by atoms with van der Waals surface area (Å²) < 4.78 is 0. The number of rotatable bonds is 2. The Kier molecular flexibility index (Phi) is 2.75. The fourth-order valence-corrected chi connectivity index (χ4v) is 1.70. The van der Waals surface area contributed by atoms with Crippen molar-refractivity contribution in [2.24, 2.45) is 0 Å². The van der Waals surface area contributed by atoms with Gasteiger partial charge < -0.3 is 5.11 Å². The molecule has 0 aliphatic rings. The summed E-state index contributed by atoms with van der Waals surface area (Å²) in [6.45, 7) is 3.82. The first-order chi connectivity index (χ1) is 7.60. The van der Waals surface area contributed by atoms with Crippen LogP contribution in [0.1, 0.15) is 23.6 Å². The molecule has 1 aromatic carbocycles. The van der Waals surface area contributed by atoms with Crippen LogP contribution < -0.4 is 0 Å². The van der Waals surface area contributed by atoms with Crippen LogP contribution in [0, 0.1) is 6.92 Å². The van der Waals surface area contributed by atoms with E-state index in [4.69, 9.17) is 0 Å². The lowest BCUT2D eigenvalue weighted by Gasteiger charge is -2.24. The predicted molar refractivity (Wildman–Crippen MR) is 64.1 cm³/mol. The Bertz CT molecular complexity index is 460. The Morgan fingerprint density at radius 1 is 1.06 bits per heavy atom. The first kappa shape index (κ1) is 10.8. The predicted octanol–water partition coefficient (Wildman–Crippen LogP) is 2.65. The van der Waals surface area contributed by atoms with Crippen LogP contribution in [0.3, 0.4) is 0 Å². The molecule has 0 aliphatic heterocycles. The van der Waals surface area contributed by atoms with Crippen LogP contribution in [0.15, 0.2) is 48.8 Å². The molecule has 16 heavy (non-hydrogen) atoms. The van der Waals surface area contributed by atoms with Gasteiger partial charge in [0.25, 0.3) is 0 Å². The monoisotopic (exact) mass is 213 g/mol. The van der Waals surface area contributed by atoms with Gasteiger partial charge in [-0.05, 0) is 25.5 Å². The second-order valence-electron chi connectivity index (χ2n) is 4.18. The van der Waals surface area contributed by atoms with Crippen LogP contribution in [0.4, 0.5) is 0 Å². The highest BCUT2D eigenvalue weighted by Crippen LogP contribution is 2.28. The molecular formula is C14H15NO. The molecule has 0 aliphatic carbocycles. The molecule has 0 fully saturated rings. The average molecular weight is 213 g/mol. The zero-order valence-corrected chi connectivity index (χ0v) is 9.51. The molecule has 2 aromatic rings. The summed E-state index contributed by atoms with van der Waals surface area (Å²) in [5, 5.41) is 10.5. The Labute approximate surface area is 95.6 Å². The molecule has 0 saturated carbocycles. The number of nitrogens with zero attached hydrogens (tertiary/aromatic N) is 1. The van der Waals surface area contributed by atoms with Crippen LogP contribution in [0.2, 0.25) is 0 Å². The molecule has 1 N–H and O–H groups in total. The maximum absolute atomic E-state index is 10.5. The lowest BCUT2D eigenvalue weighted by atomic mass is 9.89. The summed E-state index contributed by atoms with van der Waals surface area (Å²) in [6, 6.07) is 11.6. The van der Waals surface area contributed by atoms with E-state index in [2.05, 4.69) is 4.98 Å². The molecule has 1 atom stereocenters. The molecule has 1 heterocycles. The van der Waals surface area contributed by atoms with E-state index in [0.29, 0.717) is 0 Å². The standard InChI is InChI=1S/C14H15NO/c1-11-5-7-12(8-6-11)14(2,16)13-4-3-9-15-10-13/h3-10,16H,1-2H3. The minimum Gasteiger partial charge on any atom is -0.381 e. The van der Waals surface area contributed by atoms with Crippen molar-refractivity contribution in [2.45, 2.75) is 19.4 Å². The van der Waals surface area contributed by atoms with E-state index in [9.17, 15) is 5.11 Å². The first-order valence-corrected chi connectivity index (χ1v) is 5.31. The van der Waals surface area contributed by atoms with Gasteiger partial charge in [-0.25, -0.2) is 0 Å². The van der Waals surface area contributed by atoms with Gasteiger partial charge >= 0.3 is 0 Å². The zero-order chi connectivity index (χ0) is 11.6. The molecule has 2 heteroatoms. The zero-order valence-electron chi connectivity index (χ0n) is 9.51. The van der Waals surface area contributed by atoms with E-state index < -0.39 is 5.60 Å². The lowest BCUT2D eigenvalue weighted by molar-refractivity contribution is 0.102. The smallest absolute Gasteiger partial charge is 0.113 e. The van der Waals surface area contributed by atoms with Gasteiger partial charge in [-0.1, -0.05) is 35.9 Å². The fraction of sp³-hybridized carbons (Fsp3) is 0.214. The topological polar surface area (TPSA) is 33.1 Å². The third-order valence-corrected chi connectivity index (χ3v) is 2.84. The average Bonchev–Trinajstić information content (AvgIpc) is 2.31. The van der Waals surface area contributed by atoms with Crippen LogP contribution in [-0.4, -0.2) is 10.1 Å². The summed E-state index contributed by atoms with van der Waals surface area (Å²) >= 11 is 0. The van der Waals surface area contributed by atoms with Crippen molar-refractivity contribution >= 4 is 0 Å². The van der Waals surface area contributed by atoms with Crippen molar-refractivity contribution < 1.29 is 5.11 Å². The van der Waals surface area contributed by atoms with Crippen molar-refractivity contribution in [3.8, 4) is 0 Å². The number of hydrogen-bond donors (Lipinski definition) is 1. The van der Waals surface area contributed by atoms with Crippen LogP contribution >= 0.6 is 0 Å². The van der Waals surface area contributed by atoms with Gasteiger partial charge in [-0.2, -0.15) is 0 Å². The summed E-state index contributed by atoms with van der Waals surface area (Å²) in [4.78, 5) is 4.03. The maximum atomic E-state index is 10.5. The molecule has 1 unspecified atom stereocenters. The van der Waals surface area contributed by atoms with Crippen LogP contribution in [-0.2, 0) is 5.60 Å². The van der Waals surface area contributed by atoms with E-state index in [-0.39, 0.29) is 0 Å². The van der Waals surface area contributed by atoms with Crippen LogP contribution in [0.25, 0.3) is 0 Å². The van der Waals surface area contributed by atoms with Gasteiger partial charge in [0.1, 0.15) is 5.60 Å². The highest BCUT2D eigenvalue weighted by Gasteiger charge is 2.25. The minimum absolute atomic E-state index is 0.804. The number of aromatic nitrogens is 1. The van der Waals surface area contributed by atoms with E-state index in [1.165, 1.54) is 5.56 Å². The highest BCUT2D eigenvalue weighted by molar-refractivity contribution is 5.34. The Morgan fingerprint density at radius 3 is 2.31 bits per heavy atom. The van der Waals surface area contributed by atoms with Gasteiger partial charge in [0.15, 0.2) is 0 Å². The molecule has 2 nitrogen and oxygen atoms in total. The minimum atomic E-state index is -0.984. The molecule has 2 rings (SSSR count). The van der Waals surface area contributed by atoms with E-state index >= 15 is 0 Å². The maximum Gasteiger partial charge on any atom is 0.113 e. The van der Waals surface area contributed by atoms with Gasteiger partial charge in [-0.15, -0.1) is 0 Å². The lowest BCUT2D eigenvalue weighted by Crippen LogP contribution is -2.22. The van der Waals surface area contributed by atoms with E-state index in [0.717, 1.165) is 11.1 Å². The molecule has 0 radical (unpaired) electrons. The number of benzene rings is 1. The third-order valence-electron chi connectivity index (χ3n) is 2.84. The first-order valence-electron chi connectivity index (χ1n) is 5.31. The molecule has 82 valence electrons. The van der Waals surface area contributed by atoms with Gasteiger partial charge in [0, 0.05) is 18.0 Å². The number of pyridine rings is 1. The Hall–Kier alpha value is -1.67. The van der Waals surface area contributed by atoms with Crippen molar-refractivity contribution in [3.63, 3.8) is 0 Å². The van der Waals surface area contributed by atoms with Crippen molar-refractivity contribution in [1.29, 1.82) is 0 Å². The summed E-state index contributed by atoms with van der Waals surface area (Å²) in [5.41, 5.74) is 1.89. The molecule has 0 amide bonds. The summed E-state index contributed by atoms with van der Waals surface area (Å²) in [6.07, 6.45) is 3.40. The largest absolute Gasteiger partial charge is 0.381 e. The van der Waals surface area contributed by atoms with Gasteiger partial charge in [0.2, 0.25) is 0 Å². The third kappa shape index (κ3) is 1.97. The Morgan fingerprint density at radius 2 is 1.75 bits per heavy atom. The summed E-state index contributed by atoms with van der Waals surface area (Å²) in [7, 11) is 0. The van der Waals surface area contributed by atoms with Crippen molar-refractivity contribution in [1.82, 2.24) is 4.98 Å². The molecule has 0 saturated heterocycles.